The van der Waals surface area contributed by atoms with Crippen LogP contribution < -0.4 is 5.43 Å². The first-order valence-electron chi connectivity index (χ1n) is 7.68. The fourth-order valence-electron chi connectivity index (χ4n) is 3.09. The van der Waals surface area contributed by atoms with Gasteiger partial charge in [0, 0.05) is 12.5 Å². The maximum atomic E-state index is 4.65. The molecule has 3 nitrogen and oxygen atoms in total. The summed E-state index contributed by atoms with van der Waals surface area (Å²) in [4.78, 5) is 2.50. The summed E-state index contributed by atoms with van der Waals surface area (Å²) in [6.07, 6.45) is 2.56. The van der Waals surface area contributed by atoms with Crippen molar-refractivity contribution in [1.29, 1.82) is 0 Å². The smallest absolute Gasteiger partial charge is 0.0561 e. The van der Waals surface area contributed by atoms with Crippen LogP contribution in [0.4, 0.5) is 5.69 Å². The first-order chi connectivity index (χ1) is 9.52. The van der Waals surface area contributed by atoms with Crippen molar-refractivity contribution in [1.82, 2.24) is 4.90 Å². The highest BCUT2D eigenvalue weighted by molar-refractivity contribution is 5.90. The third-order valence-electron chi connectivity index (χ3n) is 4.52. The minimum Gasteiger partial charge on any atom is -0.298 e. The third-order valence-corrected chi connectivity index (χ3v) is 4.52. The van der Waals surface area contributed by atoms with E-state index in [9.17, 15) is 0 Å². The molecule has 0 unspecified atom stereocenters. The molecule has 1 N–H and O–H groups in total. The minimum absolute atomic E-state index is 0.209. The lowest BCUT2D eigenvalue weighted by atomic mass is 9.87. The molecule has 0 spiro atoms. The van der Waals surface area contributed by atoms with Gasteiger partial charge in [-0.2, -0.15) is 5.10 Å². The van der Waals surface area contributed by atoms with Crippen molar-refractivity contribution in [2.75, 3.05) is 25.1 Å². The summed E-state index contributed by atoms with van der Waals surface area (Å²) < 4.78 is 0. The van der Waals surface area contributed by atoms with Crippen LogP contribution in [0.5, 0.6) is 0 Å². The molecule has 3 saturated heterocycles. The lowest BCUT2D eigenvalue weighted by Crippen LogP contribution is -2.48. The summed E-state index contributed by atoms with van der Waals surface area (Å²) in [5, 5.41) is 4.65. The summed E-state index contributed by atoms with van der Waals surface area (Å²) in [6, 6.07) is 8.65. The topological polar surface area (TPSA) is 27.6 Å². The molecule has 4 rings (SSSR count). The predicted octanol–water partition coefficient (Wildman–Crippen LogP) is 3.48. The lowest BCUT2D eigenvalue weighted by molar-refractivity contribution is 0.200. The van der Waals surface area contributed by atoms with Crippen molar-refractivity contribution < 1.29 is 0 Å². The molecule has 3 aliphatic rings. The fourth-order valence-corrected chi connectivity index (χ4v) is 3.09. The highest BCUT2D eigenvalue weighted by Gasteiger charge is 2.30. The summed E-state index contributed by atoms with van der Waals surface area (Å²) in [5.41, 5.74) is 7.23. The van der Waals surface area contributed by atoms with Gasteiger partial charge in [-0.1, -0.05) is 32.9 Å². The van der Waals surface area contributed by atoms with Crippen LogP contribution in [0.15, 0.2) is 29.4 Å². The Hall–Kier alpha value is -1.35. The molecule has 3 fully saturated rings. The number of benzene rings is 1. The summed E-state index contributed by atoms with van der Waals surface area (Å²) in [7, 11) is 0. The van der Waals surface area contributed by atoms with Crippen molar-refractivity contribution in [2.24, 2.45) is 11.0 Å². The van der Waals surface area contributed by atoms with Crippen molar-refractivity contribution in [3.8, 4) is 0 Å². The van der Waals surface area contributed by atoms with E-state index in [-0.39, 0.29) is 5.41 Å². The number of hydrogen-bond donors (Lipinski definition) is 1. The number of anilines is 1. The van der Waals surface area contributed by atoms with E-state index in [1.807, 2.05) is 0 Å². The molecule has 0 radical (unpaired) electrons. The second-order valence-corrected chi connectivity index (χ2v) is 7.09. The highest BCUT2D eigenvalue weighted by Crippen LogP contribution is 2.26. The second-order valence-electron chi connectivity index (χ2n) is 7.09. The van der Waals surface area contributed by atoms with Crippen molar-refractivity contribution >= 4 is 11.4 Å². The van der Waals surface area contributed by atoms with Crippen LogP contribution in [0.25, 0.3) is 0 Å². The van der Waals surface area contributed by atoms with Crippen molar-refractivity contribution in [3.05, 3.63) is 29.8 Å². The van der Waals surface area contributed by atoms with Gasteiger partial charge in [-0.15, -0.1) is 0 Å². The Bertz CT molecular complexity index is 488. The molecule has 0 aromatic heterocycles. The first kappa shape index (κ1) is 13.6. The molecule has 0 atom stereocenters. The number of hydrazone groups is 1. The molecule has 3 heterocycles. The summed E-state index contributed by atoms with van der Waals surface area (Å²) in [5.74, 6) is 0.710. The minimum atomic E-state index is 0.209. The van der Waals surface area contributed by atoms with Gasteiger partial charge in [-0.25, -0.2) is 0 Å². The predicted molar refractivity (Wildman–Crippen MR) is 85.4 cm³/mol. The van der Waals surface area contributed by atoms with Crippen LogP contribution in [0, 0.1) is 5.92 Å². The number of nitrogens with one attached hydrogen (secondary N) is 1. The van der Waals surface area contributed by atoms with Gasteiger partial charge in [0.1, 0.15) is 0 Å². The molecule has 0 saturated carbocycles. The highest BCUT2D eigenvalue weighted by atomic mass is 15.3. The van der Waals surface area contributed by atoms with Gasteiger partial charge in [0.05, 0.1) is 11.4 Å². The maximum absolute atomic E-state index is 4.65. The van der Waals surface area contributed by atoms with Gasteiger partial charge in [0.15, 0.2) is 0 Å². The Labute approximate surface area is 122 Å². The molecular weight excluding hydrogens is 246 g/mol. The van der Waals surface area contributed by atoms with Crippen LogP contribution >= 0.6 is 0 Å². The largest absolute Gasteiger partial charge is 0.298 e. The molecule has 0 amide bonds. The van der Waals surface area contributed by atoms with E-state index in [2.05, 4.69) is 60.5 Å². The Kier molecular flexibility index (Phi) is 3.55. The first-order valence-corrected chi connectivity index (χ1v) is 7.68. The Balaban J connectivity index is 1.66. The molecular formula is C17H25N3. The van der Waals surface area contributed by atoms with E-state index in [1.165, 1.54) is 37.2 Å². The standard InChI is InChI=1S/C17H25N3/c1-17(2,3)14-4-6-15(7-5-14)18-19-16-12-20-10-8-13(16)9-11-20/h4-7,13,18H,8-12H2,1-3H3/b19-16-. The average molecular weight is 271 g/mol. The Morgan fingerprint density at radius 3 is 2.25 bits per heavy atom. The quantitative estimate of drug-likeness (QED) is 0.834. The molecule has 20 heavy (non-hydrogen) atoms. The molecule has 3 aliphatic heterocycles. The van der Waals surface area contributed by atoms with Gasteiger partial charge in [-0.05, 0) is 49.0 Å². The van der Waals surface area contributed by atoms with E-state index in [4.69, 9.17) is 0 Å². The van der Waals surface area contributed by atoms with Gasteiger partial charge >= 0.3 is 0 Å². The van der Waals surface area contributed by atoms with Crippen molar-refractivity contribution in [3.63, 3.8) is 0 Å². The van der Waals surface area contributed by atoms with E-state index in [1.54, 1.807) is 0 Å². The zero-order chi connectivity index (χ0) is 14.2. The molecule has 1 aromatic carbocycles. The normalized spacial score (nSPS) is 27.9. The van der Waals surface area contributed by atoms with E-state index < -0.39 is 0 Å². The number of piperidine rings is 3. The van der Waals surface area contributed by atoms with E-state index >= 15 is 0 Å². The van der Waals surface area contributed by atoms with Crippen LogP contribution in [-0.4, -0.2) is 30.2 Å². The van der Waals surface area contributed by atoms with Crippen molar-refractivity contribution in [2.45, 2.75) is 39.0 Å². The van der Waals surface area contributed by atoms with Gasteiger partial charge in [0.2, 0.25) is 0 Å². The number of nitrogens with zero attached hydrogens (tertiary/aromatic N) is 2. The van der Waals surface area contributed by atoms with Crippen LogP contribution in [0.1, 0.15) is 39.2 Å². The SMILES string of the molecule is CC(C)(C)c1ccc(N/N=C2/CN3CCC2CC3)cc1. The Morgan fingerprint density at radius 1 is 1.10 bits per heavy atom. The fraction of sp³-hybridized carbons (Fsp3) is 0.588. The zero-order valence-corrected chi connectivity index (χ0v) is 12.8. The molecule has 108 valence electrons. The molecule has 0 aliphatic carbocycles. The van der Waals surface area contributed by atoms with Crippen LogP contribution in [0.3, 0.4) is 0 Å². The summed E-state index contributed by atoms with van der Waals surface area (Å²) >= 11 is 0. The zero-order valence-electron chi connectivity index (χ0n) is 12.8. The van der Waals surface area contributed by atoms with Crippen LogP contribution in [-0.2, 0) is 5.41 Å². The number of fused-ring (bicyclic) bond motifs is 3. The third kappa shape index (κ3) is 2.88. The summed E-state index contributed by atoms with van der Waals surface area (Å²) in [6.45, 7) is 10.3. The van der Waals surface area contributed by atoms with Crippen LogP contribution in [0.2, 0.25) is 0 Å². The lowest BCUT2D eigenvalue weighted by Gasteiger charge is -2.39. The van der Waals surface area contributed by atoms with Gasteiger partial charge in [0.25, 0.3) is 0 Å². The van der Waals surface area contributed by atoms with Gasteiger partial charge in [-0.3, -0.25) is 10.3 Å². The monoisotopic (exact) mass is 271 g/mol. The molecule has 2 bridgehead atoms. The number of rotatable bonds is 2. The van der Waals surface area contributed by atoms with Gasteiger partial charge < -0.3 is 0 Å². The molecule has 3 heteroatoms. The van der Waals surface area contributed by atoms with E-state index in [0.29, 0.717) is 5.92 Å². The second kappa shape index (κ2) is 5.21. The molecule has 1 aromatic rings. The average Bonchev–Trinajstić information content (AvgIpc) is 2.46. The Morgan fingerprint density at radius 2 is 1.75 bits per heavy atom. The maximum Gasteiger partial charge on any atom is 0.0561 e. The van der Waals surface area contributed by atoms with E-state index in [0.717, 1.165) is 12.2 Å². The number of hydrogen-bond acceptors (Lipinski definition) is 3.